The Morgan fingerprint density at radius 2 is 1.55 bits per heavy atom. The minimum absolute atomic E-state index is 0. The fourth-order valence-electron chi connectivity index (χ4n) is 5.82. The van der Waals surface area contributed by atoms with E-state index in [0.29, 0.717) is 18.3 Å². The van der Waals surface area contributed by atoms with Gasteiger partial charge in [-0.1, -0.05) is 110 Å². The summed E-state index contributed by atoms with van der Waals surface area (Å²) in [6, 6.07) is 0. The number of nitrogens with zero attached hydrogens (tertiary/aromatic N) is 2. The van der Waals surface area contributed by atoms with Crippen LogP contribution < -0.4 is 45.8 Å². The number of aromatic nitrogens is 2. The number of phosphoric ester groups is 1. The normalized spacial score (nSPS) is 20.2. The number of aryl methyl sites for hydroxylation is 1. The average molecular weight is 745 g/mol. The first kappa shape index (κ1) is 47.0. The molecule has 1 N–H and O–H groups in total. The molecule has 10 nitrogen and oxygen atoms in total. The Morgan fingerprint density at radius 1 is 0.959 bits per heavy atom. The zero-order chi connectivity index (χ0) is 35.2. The summed E-state index contributed by atoms with van der Waals surface area (Å²) < 4.78 is 49.9. The van der Waals surface area contributed by atoms with Gasteiger partial charge in [0.2, 0.25) is 0 Å². The molecule has 0 bridgehead atoms. The third-order valence-electron chi connectivity index (χ3n) is 8.83. The Morgan fingerprint density at radius 3 is 2.18 bits per heavy atom. The van der Waals surface area contributed by atoms with Crippen LogP contribution in [0.1, 0.15) is 148 Å². The molecule has 3 unspecified atom stereocenters. The molecule has 1 fully saturated rings. The smallest absolute Gasteiger partial charge is 0.390 e. The van der Waals surface area contributed by atoms with E-state index in [2.05, 4.69) is 25.8 Å². The van der Waals surface area contributed by atoms with Crippen LogP contribution in [0.2, 0.25) is 0 Å². The predicted molar refractivity (Wildman–Crippen MR) is 192 cm³/mol. The van der Waals surface area contributed by atoms with Crippen molar-refractivity contribution in [3.05, 3.63) is 32.6 Å². The molecular formula is C35H63FN2NaO8PS. The molecule has 1 saturated heterocycles. The van der Waals surface area contributed by atoms with Crippen LogP contribution in [0.3, 0.4) is 0 Å². The molecule has 0 amide bonds. The maximum atomic E-state index is 14.6. The molecule has 1 aliphatic heterocycles. The van der Waals surface area contributed by atoms with Crippen molar-refractivity contribution in [3.63, 3.8) is 0 Å². The summed E-state index contributed by atoms with van der Waals surface area (Å²) in [6.07, 6.45) is 18.5. The molecule has 1 aromatic rings. The molecule has 1 aromatic heterocycles. The molecule has 0 radical (unpaired) electrons. The van der Waals surface area contributed by atoms with Crippen molar-refractivity contribution in [1.82, 2.24) is 9.55 Å². The first-order chi connectivity index (χ1) is 23.1. The van der Waals surface area contributed by atoms with Crippen molar-refractivity contribution in [3.8, 4) is 0 Å². The van der Waals surface area contributed by atoms with Gasteiger partial charge >= 0.3 is 37.4 Å². The Balaban J connectivity index is 0.0000120. The largest absolute Gasteiger partial charge is 1.00 e. The molecule has 2 heterocycles. The first-order valence-electron chi connectivity index (χ1n) is 18.5. The third kappa shape index (κ3) is 20.1. The third-order valence-corrected chi connectivity index (χ3v) is 11.4. The van der Waals surface area contributed by atoms with Gasteiger partial charge < -0.3 is 23.9 Å². The number of hydrogen-bond donors (Lipinski definition) is 1. The fourth-order valence-corrected chi connectivity index (χ4v) is 7.94. The number of unbranched alkanes of at least 4 members (excludes halogenated alkanes) is 13. The molecule has 280 valence electrons. The maximum Gasteiger partial charge on any atom is 1.00 e. The summed E-state index contributed by atoms with van der Waals surface area (Å²) in [6.45, 7) is 7.90. The van der Waals surface area contributed by atoms with Crippen molar-refractivity contribution in [1.29, 1.82) is 0 Å². The minimum Gasteiger partial charge on any atom is -0.390 e. The Labute approximate surface area is 320 Å². The average Bonchev–Trinajstić information content (AvgIpc) is 3.42. The van der Waals surface area contributed by atoms with Crippen LogP contribution in [0.15, 0.2) is 15.8 Å². The van der Waals surface area contributed by atoms with Gasteiger partial charge in [-0.2, -0.15) is 11.8 Å². The van der Waals surface area contributed by atoms with E-state index in [-0.39, 0.29) is 54.3 Å². The quantitative estimate of drug-likeness (QED) is 0.0646. The van der Waals surface area contributed by atoms with E-state index in [9.17, 15) is 23.4 Å². The second-order valence-corrected chi connectivity index (χ2v) is 15.9. The number of rotatable bonds is 29. The van der Waals surface area contributed by atoms with E-state index in [1.54, 1.807) is 0 Å². The predicted octanol–water partition coefficient (Wildman–Crippen LogP) is 5.42. The van der Waals surface area contributed by atoms with Gasteiger partial charge in [0.25, 0.3) is 0 Å². The summed E-state index contributed by atoms with van der Waals surface area (Å²) in [5, 5.41) is 0.413. The van der Waals surface area contributed by atoms with Gasteiger partial charge in [0.1, 0.15) is 12.3 Å². The fraction of sp³-hybridized carbons (Fsp3) is 0.886. The van der Waals surface area contributed by atoms with E-state index < -0.39 is 44.2 Å². The molecule has 2 rings (SSSR count). The van der Waals surface area contributed by atoms with Gasteiger partial charge in [0, 0.05) is 18.3 Å². The van der Waals surface area contributed by atoms with Crippen LogP contribution in [0.4, 0.5) is 4.39 Å². The van der Waals surface area contributed by atoms with Crippen LogP contribution in [0, 0.1) is 6.92 Å². The standard InChI is InChI=1S/C35H64FN2O8PS.Na/c1-5-7-9-11-13-14-15-17-19-24-48-32(21-18-16-12-10-8-6-2)29(4)43-22-20-23-44-47(41,42)45-27-31-30(36)25-33(46-31)38-26-28(3)34(39)37-35(38)40;/h26,29-33H,5-25,27H2,1-4H3,(H2,37,39,40,41,42);/q;+1/p-1/t29?,30-,31+,32?,33+;/m0./s1. The van der Waals surface area contributed by atoms with E-state index in [1.807, 2.05) is 11.8 Å². The van der Waals surface area contributed by atoms with Crippen LogP contribution in [-0.2, 0) is 23.1 Å². The van der Waals surface area contributed by atoms with Gasteiger partial charge in [-0.3, -0.25) is 18.6 Å². The summed E-state index contributed by atoms with van der Waals surface area (Å²) >= 11 is 2.02. The SMILES string of the molecule is CCCCCCCCCCCSC(CCCCCCCC)C(C)OCCCOP(=O)(O)OC[C@H]1O[C@@H](n2cc(C)c(=O)[n-]c2=O)C[C@@H]1F.[Na+]. The van der Waals surface area contributed by atoms with Gasteiger partial charge in [-0.05, 0) is 44.4 Å². The molecule has 6 atom stereocenters. The zero-order valence-corrected chi connectivity index (χ0v) is 34.7. The van der Waals surface area contributed by atoms with E-state index in [0.717, 1.165) is 16.7 Å². The molecule has 0 aliphatic carbocycles. The summed E-state index contributed by atoms with van der Waals surface area (Å²) in [5.74, 6) is 1.14. The van der Waals surface area contributed by atoms with Crippen LogP contribution in [-0.4, -0.2) is 58.7 Å². The van der Waals surface area contributed by atoms with Gasteiger partial charge in [0.15, 0.2) is 11.2 Å². The monoisotopic (exact) mass is 744 g/mol. The number of hydrogen-bond acceptors (Lipinski definition) is 8. The first-order valence-corrected chi connectivity index (χ1v) is 21.0. The molecular weight excluding hydrogens is 681 g/mol. The van der Waals surface area contributed by atoms with E-state index in [1.165, 1.54) is 109 Å². The molecule has 1 aliphatic rings. The number of halogens is 1. The summed E-state index contributed by atoms with van der Waals surface area (Å²) in [5.41, 5.74) is -1.27. The van der Waals surface area contributed by atoms with Crippen LogP contribution in [0.5, 0.6) is 0 Å². The molecule has 14 heteroatoms. The second kappa shape index (κ2) is 27.6. The van der Waals surface area contributed by atoms with Crippen LogP contribution >= 0.6 is 19.6 Å². The van der Waals surface area contributed by atoms with Gasteiger partial charge in [0.05, 0.1) is 25.5 Å². The van der Waals surface area contributed by atoms with Gasteiger partial charge in [-0.15, -0.1) is 0 Å². The molecule has 0 spiro atoms. The summed E-state index contributed by atoms with van der Waals surface area (Å²) in [7, 11) is -4.46. The van der Waals surface area contributed by atoms with Crippen molar-refractivity contribution in [2.75, 3.05) is 25.6 Å². The maximum absolute atomic E-state index is 14.6. The van der Waals surface area contributed by atoms with Crippen molar-refractivity contribution < 1.29 is 61.9 Å². The number of thioether (sulfide) groups is 1. The topological polar surface area (TPSA) is 127 Å². The Kier molecular flexibility index (Phi) is 26.5. The molecule has 0 aromatic carbocycles. The van der Waals surface area contributed by atoms with Gasteiger partial charge in [-0.25, -0.2) is 8.96 Å². The molecule has 49 heavy (non-hydrogen) atoms. The Bertz CT molecular complexity index is 1160. The number of ether oxygens (including phenoxy) is 2. The van der Waals surface area contributed by atoms with Crippen molar-refractivity contribution >= 4 is 19.6 Å². The minimum atomic E-state index is -4.46. The van der Waals surface area contributed by atoms with E-state index >= 15 is 0 Å². The molecule has 0 saturated carbocycles. The van der Waals surface area contributed by atoms with Crippen LogP contribution in [0.25, 0.3) is 0 Å². The zero-order valence-electron chi connectivity index (χ0n) is 31.0. The Hall–Kier alpha value is -0.0100. The number of alkyl halides is 1. The van der Waals surface area contributed by atoms with Crippen molar-refractivity contribution in [2.45, 2.75) is 173 Å². The second-order valence-electron chi connectivity index (χ2n) is 13.1. The van der Waals surface area contributed by atoms with Crippen molar-refractivity contribution in [2.24, 2.45) is 0 Å². The number of phosphoric acid groups is 1. The van der Waals surface area contributed by atoms with E-state index in [4.69, 9.17) is 18.5 Å². The summed E-state index contributed by atoms with van der Waals surface area (Å²) in [4.78, 5) is 37.2.